The maximum absolute atomic E-state index is 13.4. The maximum atomic E-state index is 13.4. The number of ether oxygens (including phenoxy) is 2. The smallest absolute Gasteiger partial charge is 0.161 e. The standard InChI is InChI=1S/C16H15BrFNO2/c1-19-16(10-2-4-13(18)12(17)8-10)11-3-5-14-15(9-11)21-7-6-20-14/h2-5,8-9,16,19H,6-7H2,1H3. The molecule has 1 unspecified atom stereocenters. The van der Waals surface area contributed by atoms with E-state index in [9.17, 15) is 4.39 Å². The van der Waals surface area contributed by atoms with E-state index in [1.54, 1.807) is 12.1 Å². The molecule has 0 radical (unpaired) electrons. The summed E-state index contributed by atoms with van der Waals surface area (Å²) in [5, 5.41) is 3.25. The molecule has 1 heterocycles. The highest BCUT2D eigenvalue weighted by Crippen LogP contribution is 2.34. The lowest BCUT2D eigenvalue weighted by atomic mass is 9.98. The van der Waals surface area contributed by atoms with Crippen LogP contribution in [0.25, 0.3) is 0 Å². The van der Waals surface area contributed by atoms with Crippen molar-refractivity contribution in [2.75, 3.05) is 20.3 Å². The van der Waals surface area contributed by atoms with Gasteiger partial charge in [-0.15, -0.1) is 0 Å². The first kappa shape index (κ1) is 14.4. The van der Waals surface area contributed by atoms with Crippen LogP contribution in [0, 0.1) is 5.82 Å². The molecule has 3 nitrogen and oxygen atoms in total. The predicted octanol–water partition coefficient (Wildman–Crippen LogP) is 3.67. The van der Waals surface area contributed by atoms with Gasteiger partial charge in [0.15, 0.2) is 11.5 Å². The Labute approximate surface area is 131 Å². The fourth-order valence-corrected chi connectivity index (χ4v) is 2.85. The Morgan fingerprint density at radius 3 is 2.43 bits per heavy atom. The van der Waals surface area contributed by atoms with E-state index < -0.39 is 0 Å². The predicted molar refractivity (Wildman–Crippen MR) is 82.4 cm³/mol. The highest BCUT2D eigenvalue weighted by Gasteiger charge is 2.18. The van der Waals surface area contributed by atoms with Gasteiger partial charge < -0.3 is 14.8 Å². The second-order valence-electron chi connectivity index (χ2n) is 4.80. The molecule has 21 heavy (non-hydrogen) atoms. The van der Waals surface area contributed by atoms with Crippen LogP contribution < -0.4 is 14.8 Å². The van der Waals surface area contributed by atoms with E-state index in [1.807, 2.05) is 25.2 Å². The molecule has 0 saturated heterocycles. The second-order valence-corrected chi connectivity index (χ2v) is 5.65. The number of hydrogen-bond donors (Lipinski definition) is 1. The van der Waals surface area contributed by atoms with E-state index in [-0.39, 0.29) is 11.9 Å². The van der Waals surface area contributed by atoms with Crippen LogP contribution in [0.4, 0.5) is 4.39 Å². The van der Waals surface area contributed by atoms with Crippen molar-refractivity contribution in [2.24, 2.45) is 0 Å². The normalized spacial score (nSPS) is 14.8. The monoisotopic (exact) mass is 351 g/mol. The molecule has 5 heteroatoms. The molecular formula is C16H15BrFNO2. The molecule has 1 N–H and O–H groups in total. The number of rotatable bonds is 3. The lowest BCUT2D eigenvalue weighted by Gasteiger charge is -2.22. The van der Waals surface area contributed by atoms with Gasteiger partial charge in [0.05, 0.1) is 10.5 Å². The van der Waals surface area contributed by atoms with Gasteiger partial charge >= 0.3 is 0 Å². The summed E-state index contributed by atoms with van der Waals surface area (Å²) >= 11 is 3.23. The highest BCUT2D eigenvalue weighted by molar-refractivity contribution is 9.10. The molecule has 0 amide bonds. The van der Waals surface area contributed by atoms with Gasteiger partial charge in [0.1, 0.15) is 19.0 Å². The average molecular weight is 352 g/mol. The summed E-state index contributed by atoms with van der Waals surface area (Å²) in [5.74, 6) is 1.25. The van der Waals surface area contributed by atoms with Gasteiger partial charge in [0, 0.05) is 0 Å². The van der Waals surface area contributed by atoms with Gasteiger partial charge in [0.25, 0.3) is 0 Å². The third kappa shape index (κ3) is 2.89. The first-order valence-corrected chi connectivity index (χ1v) is 7.50. The summed E-state index contributed by atoms with van der Waals surface area (Å²) in [5.41, 5.74) is 2.02. The number of hydrogen-bond acceptors (Lipinski definition) is 3. The maximum Gasteiger partial charge on any atom is 0.161 e. The molecule has 2 aromatic rings. The molecule has 0 bridgehead atoms. The molecule has 0 spiro atoms. The molecule has 1 aliphatic rings. The summed E-state index contributed by atoms with van der Waals surface area (Å²) in [6.45, 7) is 1.13. The van der Waals surface area contributed by atoms with Crippen molar-refractivity contribution in [3.63, 3.8) is 0 Å². The minimum absolute atomic E-state index is 0.0438. The third-order valence-electron chi connectivity index (χ3n) is 3.47. The van der Waals surface area contributed by atoms with Crippen molar-refractivity contribution in [2.45, 2.75) is 6.04 Å². The number of benzene rings is 2. The van der Waals surface area contributed by atoms with E-state index in [0.29, 0.717) is 17.7 Å². The minimum Gasteiger partial charge on any atom is -0.486 e. The van der Waals surface area contributed by atoms with Crippen molar-refractivity contribution in [3.05, 3.63) is 57.8 Å². The van der Waals surface area contributed by atoms with Gasteiger partial charge in [0.2, 0.25) is 0 Å². The molecule has 0 fully saturated rings. The fraction of sp³-hybridized carbons (Fsp3) is 0.250. The summed E-state index contributed by atoms with van der Waals surface area (Å²) in [7, 11) is 1.87. The molecule has 1 atom stereocenters. The Balaban J connectivity index is 1.97. The number of nitrogens with one attached hydrogen (secondary N) is 1. The summed E-state index contributed by atoms with van der Waals surface area (Å²) < 4.78 is 25.0. The summed E-state index contributed by atoms with van der Waals surface area (Å²) in [6, 6.07) is 10.8. The van der Waals surface area contributed by atoms with Crippen LogP contribution in [0.1, 0.15) is 17.2 Å². The first-order chi connectivity index (χ1) is 10.2. The highest BCUT2D eigenvalue weighted by atomic mass is 79.9. The molecule has 1 aliphatic heterocycles. The number of halogens is 2. The molecule has 2 aromatic carbocycles. The molecule has 3 rings (SSSR count). The van der Waals surface area contributed by atoms with E-state index >= 15 is 0 Å². The van der Waals surface area contributed by atoms with E-state index in [1.165, 1.54) is 6.07 Å². The summed E-state index contributed by atoms with van der Waals surface area (Å²) in [4.78, 5) is 0. The van der Waals surface area contributed by atoms with E-state index in [2.05, 4.69) is 21.2 Å². The third-order valence-corrected chi connectivity index (χ3v) is 4.07. The van der Waals surface area contributed by atoms with Crippen LogP contribution >= 0.6 is 15.9 Å². The lowest BCUT2D eigenvalue weighted by molar-refractivity contribution is 0.171. The Hall–Kier alpha value is -1.59. The minimum atomic E-state index is -0.268. The lowest BCUT2D eigenvalue weighted by Crippen LogP contribution is -2.19. The number of fused-ring (bicyclic) bond motifs is 1. The zero-order chi connectivity index (χ0) is 14.8. The van der Waals surface area contributed by atoms with Crippen molar-refractivity contribution in [1.29, 1.82) is 0 Å². The Bertz CT molecular complexity index is 663. The van der Waals surface area contributed by atoms with Crippen LogP contribution in [0.15, 0.2) is 40.9 Å². The van der Waals surface area contributed by atoms with Crippen LogP contribution in [0.2, 0.25) is 0 Å². The largest absolute Gasteiger partial charge is 0.486 e. The molecular weight excluding hydrogens is 337 g/mol. The Morgan fingerprint density at radius 1 is 1.05 bits per heavy atom. The van der Waals surface area contributed by atoms with Crippen molar-refractivity contribution in [3.8, 4) is 11.5 Å². The quantitative estimate of drug-likeness (QED) is 0.915. The first-order valence-electron chi connectivity index (χ1n) is 6.71. The average Bonchev–Trinajstić information content (AvgIpc) is 2.51. The van der Waals surface area contributed by atoms with Crippen LogP contribution in [-0.4, -0.2) is 20.3 Å². The SMILES string of the molecule is CNC(c1ccc(F)c(Br)c1)c1ccc2c(c1)OCCO2. The Kier molecular flexibility index (Phi) is 4.12. The van der Waals surface area contributed by atoms with Crippen LogP contribution in [0.5, 0.6) is 11.5 Å². The van der Waals surface area contributed by atoms with Gasteiger partial charge in [-0.3, -0.25) is 0 Å². The van der Waals surface area contributed by atoms with Crippen molar-refractivity contribution >= 4 is 15.9 Å². The van der Waals surface area contributed by atoms with Crippen LogP contribution in [0.3, 0.4) is 0 Å². The van der Waals surface area contributed by atoms with Gasteiger partial charge in [-0.2, -0.15) is 0 Å². The van der Waals surface area contributed by atoms with E-state index in [0.717, 1.165) is 22.6 Å². The Morgan fingerprint density at radius 2 is 1.71 bits per heavy atom. The molecule has 0 aliphatic carbocycles. The van der Waals surface area contributed by atoms with Crippen molar-refractivity contribution in [1.82, 2.24) is 5.32 Å². The molecule has 0 aromatic heterocycles. The van der Waals surface area contributed by atoms with Crippen molar-refractivity contribution < 1.29 is 13.9 Å². The summed E-state index contributed by atoms with van der Waals surface area (Å²) in [6.07, 6.45) is 0. The van der Waals surface area contributed by atoms with Crippen LogP contribution in [-0.2, 0) is 0 Å². The zero-order valence-corrected chi connectivity index (χ0v) is 13.1. The fourth-order valence-electron chi connectivity index (χ4n) is 2.46. The van der Waals surface area contributed by atoms with E-state index in [4.69, 9.17) is 9.47 Å². The van der Waals surface area contributed by atoms with Gasteiger partial charge in [-0.25, -0.2) is 4.39 Å². The van der Waals surface area contributed by atoms with Gasteiger partial charge in [-0.05, 0) is 58.4 Å². The molecule has 110 valence electrons. The topological polar surface area (TPSA) is 30.5 Å². The second kappa shape index (κ2) is 6.03. The zero-order valence-electron chi connectivity index (χ0n) is 11.5. The molecule has 0 saturated carbocycles. The van der Waals surface area contributed by atoms with Gasteiger partial charge in [-0.1, -0.05) is 12.1 Å².